The highest BCUT2D eigenvalue weighted by molar-refractivity contribution is 5.87. The van der Waals surface area contributed by atoms with E-state index in [0.29, 0.717) is 44.2 Å². The minimum Gasteiger partial charge on any atom is -0.375 e. The SMILES string of the molecule is NC(=NCc1cc2ccccc2[nH]1)N1CCN(C(=O)C(O)(c2ccccc2)C2CCCC2)CC1. The topological polar surface area (TPSA) is 98.0 Å². The van der Waals surface area contributed by atoms with Crippen LogP contribution in [0.25, 0.3) is 10.9 Å². The number of guanidine groups is 1. The third-order valence-corrected chi connectivity index (χ3v) is 7.37. The van der Waals surface area contributed by atoms with Crippen LogP contribution in [0.2, 0.25) is 0 Å². The maximum Gasteiger partial charge on any atom is 0.259 e. The van der Waals surface area contributed by atoms with E-state index in [4.69, 9.17) is 5.73 Å². The molecule has 2 fully saturated rings. The average molecular weight is 460 g/mol. The number of carbonyl (C=O) groups is 1. The first-order valence-corrected chi connectivity index (χ1v) is 12.2. The van der Waals surface area contributed by atoms with Crippen LogP contribution in [-0.2, 0) is 16.9 Å². The number of para-hydroxylation sites is 1. The van der Waals surface area contributed by atoms with Gasteiger partial charge in [0.2, 0.25) is 0 Å². The van der Waals surface area contributed by atoms with Gasteiger partial charge in [0, 0.05) is 43.3 Å². The van der Waals surface area contributed by atoms with Gasteiger partial charge in [-0.3, -0.25) is 4.79 Å². The summed E-state index contributed by atoms with van der Waals surface area (Å²) in [5, 5.41) is 13.0. The van der Waals surface area contributed by atoms with Crippen molar-refractivity contribution in [3.63, 3.8) is 0 Å². The van der Waals surface area contributed by atoms with Gasteiger partial charge in [-0.15, -0.1) is 0 Å². The number of aliphatic imine (C=N–C) groups is 1. The van der Waals surface area contributed by atoms with Gasteiger partial charge >= 0.3 is 0 Å². The van der Waals surface area contributed by atoms with Gasteiger partial charge in [-0.05, 0) is 35.9 Å². The second kappa shape index (κ2) is 9.50. The number of aromatic amines is 1. The lowest BCUT2D eigenvalue weighted by Gasteiger charge is -2.41. The minimum atomic E-state index is -1.46. The highest BCUT2D eigenvalue weighted by atomic mass is 16.3. The van der Waals surface area contributed by atoms with Gasteiger partial charge in [-0.2, -0.15) is 0 Å². The van der Waals surface area contributed by atoms with E-state index >= 15 is 0 Å². The van der Waals surface area contributed by atoms with E-state index in [0.717, 1.165) is 42.3 Å². The second-order valence-electron chi connectivity index (χ2n) is 9.45. The predicted molar refractivity (Wildman–Crippen MR) is 134 cm³/mol. The summed E-state index contributed by atoms with van der Waals surface area (Å²) in [6.07, 6.45) is 3.88. The molecule has 5 rings (SSSR count). The standard InChI is InChI=1S/C27H33N5O2/c28-26(29-19-23-18-20-8-4-7-13-24(20)30-23)32-16-14-31(15-17-32)25(33)27(34,22-11-5-6-12-22)21-9-2-1-3-10-21/h1-4,7-10,13,18,22,30,34H,5-6,11-12,14-17,19H2,(H2,28,29). The number of nitrogens with zero attached hydrogens (tertiary/aromatic N) is 3. The van der Waals surface area contributed by atoms with E-state index in [-0.39, 0.29) is 11.8 Å². The molecule has 0 bridgehead atoms. The number of benzene rings is 2. The molecule has 1 aromatic heterocycles. The fourth-order valence-electron chi connectivity index (χ4n) is 5.43. The summed E-state index contributed by atoms with van der Waals surface area (Å²) in [6, 6.07) is 19.7. The van der Waals surface area contributed by atoms with E-state index in [1.165, 1.54) is 0 Å². The van der Waals surface area contributed by atoms with Gasteiger partial charge in [0.05, 0.1) is 6.54 Å². The molecular weight excluding hydrogens is 426 g/mol. The van der Waals surface area contributed by atoms with Crippen molar-refractivity contribution in [2.24, 2.45) is 16.6 Å². The maximum atomic E-state index is 13.7. The summed E-state index contributed by atoms with van der Waals surface area (Å²) in [5.74, 6) is 0.266. The monoisotopic (exact) mass is 459 g/mol. The number of fused-ring (bicyclic) bond motifs is 1. The zero-order chi connectivity index (χ0) is 23.5. The van der Waals surface area contributed by atoms with Crippen LogP contribution in [0.4, 0.5) is 0 Å². The van der Waals surface area contributed by atoms with E-state index in [1.54, 1.807) is 4.90 Å². The molecule has 1 atom stereocenters. The summed E-state index contributed by atoms with van der Waals surface area (Å²) in [7, 11) is 0. The van der Waals surface area contributed by atoms with Crippen molar-refractivity contribution >= 4 is 22.8 Å². The number of aliphatic hydroxyl groups is 1. The van der Waals surface area contributed by atoms with E-state index in [2.05, 4.69) is 22.1 Å². The third-order valence-electron chi connectivity index (χ3n) is 7.37. The van der Waals surface area contributed by atoms with Crippen LogP contribution in [0.5, 0.6) is 0 Å². The molecule has 2 aromatic carbocycles. The smallest absolute Gasteiger partial charge is 0.259 e. The highest BCUT2D eigenvalue weighted by Gasteiger charge is 2.48. The molecular formula is C27H33N5O2. The van der Waals surface area contributed by atoms with Gasteiger partial charge < -0.3 is 25.6 Å². The number of aromatic nitrogens is 1. The molecule has 1 aliphatic carbocycles. The maximum absolute atomic E-state index is 13.7. The first-order valence-electron chi connectivity index (χ1n) is 12.2. The molecule has 1 saturated heterocycles. The number of nitrogens with one attached hydrogen (secondary N) is 1. The van der Waals surface area contributed by atoms with Crippen LogP contribution in [0.1, 0.15) is 36.9 Å². The number of H-pyrrole nitrogens is 1. The summed E-state index contributed by atoms with van der Waals surface area (Å²) < 4.78 is 0. The molecule has 2 heterocycles. The van der Waals surface area contributed by atoms with Crippen LogP contribution in [0.3, 0.4) is 0 Å². The van der Waals surface area contributed by atoms with Crippen LogP contribution < -0.4 is 5.73 Å². The summed E-state index contributed by atoms with van der Waals surface area (Å²) in [5.41, 5.74) is 7.64. The molecule has 2 aliphatic rings. The number of amides is 1. The average Bonchev–Trinajstić information content (AvgIpc) is 3.57. The largest absolute Gasteiger partial charge is 0.375 e. The molecule has 7 heteroatoms. The molecule has 178 valence electrons. The Balaban J connectivity index is 1.24. The predicted octanol–water partition coefficient (Wildman–Crippen LogP) is 3.20. The van der Waals surface area contributed by atoms with Crippen molar-refractivity contribution in [1.82, 2.24) is 14.8 Å². The first kappa shape index (κ1) is 22.5. The van der Waals surface area contributed by atoms with Crippen molar-refractivity contribution in [3.05, 3.63) is 71.9 Å². The Hall–Kier alpha value is -3.32. The van der Waals surface area contributed by atoms with Crippen molar-refractivity contribution in [2.45, 2.75) is 37.8 Å². The summed E-state index contributed by atoms with van der Waals surface area (Å²) >= 11 is 0. The van der Waals surface area contributed by atoms with Crippen LogP contribution in [0, 0.1) is 5.92 Å². The van der Waals surface area contributed by atoms with Crippen LogP contribution >= 0.6 is 0 Å². The van der Waals surface area contributed by atoms with Crippen molar-refractivity contribution < 1.29 is 9.90 Å². The molecule has 0 radical (unpaired) electrons. The van der Waals surface area contributed by atoms with Gasteiger partial charge in [-0.1, -0.05) is 61.4 Å². The molecule has 0 spiro atoms. The lowest BCUT2D eigenvalue weighted by atomic mass is 9.79. The van der Waals surface area contributed by atoms with E-state index in [9.17, 15) is 9.90 Å². The fraction of sp³-hybridized carbons (Fsp3) is 0.407. The van der Waals surface area contributed by atoms with Crippen molar-refractivity contribution in [2.75, 3.05) is 26.2 Å². The normalized spacial score (nSPS) is 19.5. The number of piperazine rings is 1. The lowest BCUT2D eigenvalue weighted by molar-refractivity contribution is -0.160. The van der Waals surface area contributed by atoms with Crippen LogP contribution in [0.15, 0.2) is 65.7 Å². The number of hydrogen-bond donors (Lipinski definition) is 3. The Bertz CT molecular complexity index is 1130. The summed E-state index contributed by atoms with van der Waals surface area (Å²) in [6.45, 7) is 2.72. The Morgan fingerprint density at radius 2 is 1.65 bits per heavy atom. The fourth-order valence-corrected chi connectivity index (χ4v) is 5.43. The minimum absolute atomic E-state index is 0.0385. The zero-order valence-corrected chi connectivity index (χ0v) is 19.5. The number of hydrogen-bond acceptors (Lipinski definition) is 3. The Morgan fingerprint density at radius 3 is 2.35 bits per heavy atom. The number of nitrogens with two attached hydrogens (primary N) is 1. The van der Waals surface area contributed by atoms with Gasteiger partial charge in [0.25, 0.3) is 5.91 Å². The van der Waals surface area contributed by atoms with Crippen molar-refractivity contribution in [1.29, 1.82) is 0 Å². The lowest BCUT2D eigenvalue weighted by Crippen LogP contribution is -2.58. The molecule has 4 N–H and O–H groups in total. The zero-order valence-electron chi connectivity index (χ0n) is 19.5. The quantitative estimate of drug-likeness (QED) is 0.403. The second-order valence-corrected chi connectivity index (χ2v) is 9.45. The van der Waals surface area contributed by atoms with E-state index < -0.39 is 5.60 Å². The molecule has 1 aliphatic heterocycles. The van der Waals surface area contributed by atoms with E-state index in [1.807, 2.05) is 53.4 Å². The third kappa shape index (κ3) is 4.28. The molecule has 34 heavy (non-hydrogen) atoms. The summed E-state index contributed by atoms with van der Waals surface area (Å²) in [4.78, 5) is 25.4. The first-order chi connectivity index (χ1) is 16.6. The van der Waals surface area contributed by atoms with Crippen LogP contribution in [-0.4, -0.2) is 57.9 Å². The number of carbonyl (C=O) groups excluding carboxylic acids is 1. The molecule has 3 aromatic rings. The molecule has 1 amide bonds. The van der Waals surface area contributed by atoms with Gasteiger partial charge in [-0.25, -0.2) is 4.99 Å². The molecule has 7 nitrogen and oxygen atoms in total. The Morgan fingerprint density at radius 1 is 1.00 bits per heavy atom. The highest BCUT2D eigenvalue weighted by Crippen LogP contribution is 2.42. The molecule has 1 unspecified atom stereocenters. The Labute approximate surface area is 200 Å². The Kier molecular flexibility index (Phi) is 6.28. The van der Waals surface area contributed by atoms with Gasteiger partial charge in [0.1, 0.15) is 0 Å². The number of rotatable bonds is 5. The van der Waals surface area contributed by atoms with Crippen molar-refractivity contribution in [3.8, 4) is 0 Å². The van der Waals surface area contributed by atoms with Gasteiger partial charge in [0.15, 0.2) is 11.6 Å². The molecule has 1 saturated carbocycles.